The third kappa shape index (κ3) is 3.05. The number of benzene rings is 1. The molecule has 1 aromatic carbocycles. The van der Waals surface area contributed by atoms with Crippen LogP contribution in [0.25, 0.3) is 0 Å². The maximum Gasteiger partial charge on any atom is 0.175 e. The van der Waals surface area contributed by atoms with E-state index in [2.05, 4.69) is 15.3 Å². The van der Waals surface area contributed by atoms with Gasteiger partial charge in [-0.1, -0.05) is 6.92 Å². The van der Waals surface area contributed by atoms with Crippen molar-refractivity contribution < 1.29 is 8.42 Å². The average molecular weight is 292 g/mol. The van der Waals surface area contributed by atoms with Gasteiger partial charge in [-0.05, 0) is 30.7 Å². The zero-order valence-electron chi connectivity index (χ0n) is 11.3. The zero-order valence-corrected chi connectivity index (χ0v) is 12.1. The minimum Gasteiger partial charge on any atom is -0.383 e. The number of rotatable bonds is 4. The number of hydrogen-bond acceptors (Lipinski definition) is 6. The van der Waals surface area contributed by atoms with E-state index in [-0.39, 0.29) is 4.90 Å². The van der Waals surface area contributed by atoms with Gasteiger partial charge in [-0.25, -0.2) is 18.4 Å². The molecule has 20 heavy (non-hydrogen) atoms. The van der Waals surface area contributed by atoms with E-state index >= 15 is 0 Å². The highest BCUT2D eigenvalue weighted by molar-refractivity contribution is 7.90. The van der Waals surface area contributed by atoms with Crippen LogP contribution in [0.2, 0.25) is 0 Å². The highest BCUT2D eigenvalue weighted by atomic mass is 32.2. The van der Waals surface area contributed by atoms with Crippen molar-refractivity contribution in [1.29, 1.82) is 0 Å². The van der Waals surface area contributed by atoms with Crippen LogP contribution in [0.5, 0.6) is 0 Å². The van der Waals surface area contributed by atoms with Gasteiger partial charge in [-0.2, -0.15) is 0 Å². The van der Waals surface area contributed by atoms with Crippen LogP contribution in [0.3, 0.4) is 0 Å². The van der Waals surface area contributed by atoms with Crippen LogP contribution < -0.4 is 11.1 Å². The standard InChI is InChI=1S/C13H16N4O2S/c1-3-11-12(14)15-8-16-13(11)17-9-4-6-10(7-5-9)20(2,18)19/h4-8H,3H2,1-2H3,(H3,14,15,16,17). The van der Waals surface area contributed by atoms with E-state index < -0.39 is 9.84 Å². The Hall–Kier alpha value is -2.15. The number of anilines is 3. The summed E-state index contributed by atoms with van der Waals surface area (Å²) in [7, 11) is -3.19. The van der Waals surface area contributed by atoms with Crippen molar-refractivity contribution in [2.24, 2.45) is 0 Å². The van der Waals surface area contributed by atoms with Gasteiger partial charge in [0.05, 0.1) is 4.90 Å². The largest absolute Gasteiger partial charge is 0.383 e. The van der Waals surface area contributed by atoms with Crippen LogP contribution in [0, 0.1) is 0 Å². The summed E-state index contributed by atoms with van der Waals surface area (Å²) in [5, 5.41) is 3.12. The van der Waals surface area contributed by atoms with E-state index in [1.165, 1.54) is 12.6 Å². The topological polar surface area (TPSA) is 98.0 Å². The van der Waals surface area contributed by atoms with E-state index in [1.807, 2.05) is 6.92 Å². The van der Waals surface area contributed by atoms with Crippen LogP contribution in [0.1, 0.15) is 12.5 Å². The second-order valence-corrected chi connectivity index (χ2v) is 6.38. The van der Waals surface area contributed by atoms with Crippen LogP contribution >= 0.6 is 0 Å². The average Bonchev–Trinajstić information content (AvgIpc) is 2.38. The third-order valence-electron chi connectivity index (χ3n) is 2.88. The lowest BCUT2D eigenvalue weighted by Gasteiger charge is -2.11. The number of nitrogens with two attached hydrogens (primary N) is 1. The molecule has 0 aliphatic rings. The minimum absolute atomic E-state index is 0.279. The Balaban J connectivity index is 2.29. The predicted octanol–water partition coefficient (Wildman–Crippen LogP) is 1.77. The molecule has 3 N–H and O–H groups in total. The molecule has 0 amide bonds. The molecule has 0 spiro atoms. The lowest BCUT2D eigenvalue weighted by atomic mass is 10.2. The monoisotopic (exact) mass is 292 g/mol. The summed E-state index contributed by atoms with van der Waals surface area (Å²) in [5.74, 6) is 1.07. The fraction of sp³-hybridized carbons (Fsp3) is 0.231. The van der Waals surface area contributed by atoms with Crippen molar-refractivity contribution in [2.45, 2.75) is 18.2 Å². The lowest BCUT2D eigenvalue weighted by Crippen LogP contribution is -2.04. The first kappa shape index (κ1) is 14.3. The number of aromatic nitrogens is 2. The fourth-order valence-corrected chi connectivity index (χ4v) is 2.43. The molecule has 0 fully saturated rings. The summed E-state index contributed by atoms with van der Waals surface area (Å²) in [5.41, 5.74) is 7.37. The molecule has 7 heteroatoms. The van der Waals surface area contributed by atoms with Gasteiger partial charge in [0.2, 0.25) is 0 Å². The second-order valence-electron chi connectivity index (χ2n) is 4.36. The number of sulfone groups is 1. The molecular weight excluding hydrogens is 276 g/mol. The van der Waals surface area contributed by atoms with Crippen LogP contribution in [0.4, 0.5) is 17.3 Å². The Morgan fingerprint density at radius 2 is 1.85 bits per heavy atom. The molecule has 0 bridgehead atoms. The van der Waals surface area contributed by atoms with Gasteiger partial charge < -0.3 is 11.1 Å². The van der Waals surface area contributed by atoms with Gasteiger partial charge >= 0.3 is 0 Å². The smallest absolute Gasteiger partial charge is 0.175 e. The number of nitrogens with one attached hydrogen (secondary N) is 1. The van der Waals surface area contributed by atoms with E-state index in [1.54, 1.807) is 24.3 Å². The third-order valence-corrected chi connectivity index (χ3v) is 4.01. The highest BCUT2D eigenvalue weighted by Gasteiger charge is 2.09. The van der Waals surface area contributed by atoms with Gasteiger partial charge in [0.1, 0.15) is 18.0 Å². The fourth-order valence-electron chi connectivity index (χ4n) is 1.80. The molecule has 0 aliphatic carbocycles. The normalized spacial score (nSPS) is 11.3. The molecule has 106 valence electrons. The Bertz CT molecular complexity index is 712. The summed E-state index contributed by atoms with van der Waals surface area (Å²) in [4.78, 5) is 8.38. The second kappa shape index (κ2) is 5.46. The number of nitrogen functional groups attached to an aromatic ring is 1. The molecule has 2 rings (SSSR count). The van der Waals surface area contributed by atoms with Gasteiger partial charge in [0, 0.05) is 17.5 Å². The maximum atomic E-state index is 11.4. The molecule has 1 heterocycles. The van der Waals surface area contributed by atoms with Gasteiger partial charge in [0.25, 0.3) is 0 Å². The van der Waals surface area contributed by atoms with Gasteiger partial charge in [-0.15, -0.1) is 0 Å². The van der Waals surface area contributed by atoms with Crippen molar-refractivity contribution in [2.75, 3.05) is 17.3 Å². The Morgan fingerprint density at radius 1 is 1.20 bits per heavy atom. The van der Waals surface area contributed by atoms with Gasteiger partial charge in [0.15, 0.2) is 9.84 Å². The minimum atomic E-state index is -3.19. The summed E-state index contributed by atoms with van der Waals surface area (Å²) < 4.78 is 22.8. The molecule has 0 radical (unpaired) electrons. The van der Waals surface area contributed by atoms with Crippen LogP contribution in [-0.4, -0.2) is 24.6 Å². The highest BCUT2D eigenvalue weighted by Crippen LogP contribution is 2.23. The van der Waals surface area contributed by atoms with E-state index in [9.17, 15) is 8.42 Å². The van der Waals surface area contributed by atoms with E-state index in [4.69, 9.17) is 5.73 Å². The van der Waals surface area contributed by atoms with Crippen molar-refractivity contribution in [3.8, 4) is 0 Å². The zero-order chi connectivity index (χ0) is 14.8. The molecule has 0 saturated heterocycles. The molecule has 6 nitrogen and oxygen atoms in total. The number of nitrogens with zero attached hydrogens (tertiary/aromatic N) is 2. The Labute approximate surface area is 118 Å². The summed E-state index contributed by atoms with van der Waals surface area (Å²) >= 11 is 0. The predicted molar refractivity (Wildman–Crippen MR) is 78.7 cm³/mol. The molecule has 0 saturated carbocycles. The van der Waals surface area contributed by atoms with Gasteiger partial charge in [-0.3, -0.25) is 0 Å². The van der Waals surface area contributed by atoms with Crippen molar-refractivity contribution in [3.05, 3.63) is 36.2 Å². The van der Waals surface area contributed by atoms with Crippen molar-refractivity contribution in [1.82, 2.24) is 9.97 Å². The quantitative estimate of drug-likeness (QED) is 0.891. The first-order valence-electron chi connectivity index (χ1n) is 6.08. The van der Waals surface area contributed by atoms with Crippen molar-refractivity contribution >= 4 is 27.2 Å². The summed E-state index contributed by atoms with van der Waals surface area (Å²) in [6.07, 6.45) is 3.27. The lowest BCUT2D eigenvalue weighted by molar-refractivity contribution is 0.602. The van der Waals surface area contributed by atoms with Crippen molar-refractivity contribution in [3.63, 3.8) is 0 Å². The molecule has 0 atom stereocenters. The summed E-state index contributed by atoms with van der Waals surface area (Å²) in [6, 6.07) is 6.48. The Kier molecular flexibility index (Phi) is 3.89. The van der Waals surface area contributed by atoms with Crippen LogP contribution in [-0.2, 0) is 16.3 Å². The van der Waals surface area contributed by atoms with E-state index in [0.717, 1.165) is 11.3 Å². The first-order chi connectivity index (χ1) is 9.41. The molecule has 2 aromatic rings. The Morgan fingerprint density at radius 3 is 2.40 bits per heavy atom. The molecule has 1 aromatic heterocycles. The summed E-state index contributed by atoms with van der Waals surface area (Å²) in [6.45, 7) is 1.97. The first-order valence-corrected chi connectivity index (χ1v) is 7.97. The molecule has 0 aliphatic heterocycles. The molecular formula is C13H16N4O2S. The SMILES string of the molecule is CCc1c(N)ncnc1Nc1ccc(S(C)(=O)=O)cc1. The number of hydrogen-bond donors (Lipinski definition) is 2. The van der Waals surface area contributed by atoms with Crippen LogP contribution in [0.15, 0.2) is 35.5 Å². The maximum absolute atomic E-state index is 11.4. The molecule has 0 unspecified atom stereocenters. The van der Waals surface area contributed by atoms with E-state index in [0.29, 0.717) is 18.1 Å².